The van der Waals surface area contributed by atoms with Gasteiger partial charge < -0.3 is 4.74 Å². The zero-order valence-electron chi connectivity index (χ0n) is 14.0. The van der Waals surface area contributed by atoms with Crippen molar-refractivity contribution in [2.24, 2.45) is 0 Å². The van der Waals surface area contributed by atoms with Gasteiger partial charge in [0.25, 0.3) is 0 Å². The number of benzene rings is 2. The Bertz CT molecular complexity index is 717. The quantitative estimate of drug-likeness (QED) is 0.232. The lowest BCUT2D eigenvalue weighted by Crippen LogP contribution is -2.11. The molecule has 0 radical (unpaired) electrons. The van der Waals surface area contributed by atoms with Crippen molar-refractivity contribution in [1.82, 2.24) is 0 Å². The minimum absolute atomic E-state index is 0.0569. The van der Waals surface area contributed by atoms with Gasteiger partial charge in [0, 0.05) is 23.1 Å². The Balaban J connectivity index is 2.41. The molecule has 0 unspecified atom stereocenters. The first-order valence-corrected chi connectivity index (χ1v) is 8.20. The molecule has 0 aliphatic heterocycles. The molecule has 0 N–H and O–H groups in total. The van der Waals surface area contributed by atoms with Crippen LogP contribution in [0, 0.1) is 0 Å². The van der Waals surface area contributed by atoms with Crippen molar-refractivity contribution in [2.45, 2.75) is 32.6 Å². The standard InChI is InChI=1S/C21H22O3/c1-3-5-7-13-17-18(21(23)16-11-8-6-9-12-16)14-10-15-19(17)24-20(22)4-2/h3,6,8-12,14-15H,1,4-5,7,13H2,2H3. The summed E-state index contributed by atoms with van der Waals surface area (Å²) in [5, 5.41) is 0. The van der Waals surface area contributed by atoms with Crippen LogP contribution in [0.25, 0.3) is 0 Å². The molecule has 0 heterocycles. The van der Waals surface area contributed by atoms with Gasteiger partial charge in [0.2, 0.25) is 0 Å². The van der Waals surface area contributed by atoms with Crippen LogP contribution in [0.2, 0.25) is 0 Å². The van der Waals surface area contributed by atoms with Gasteiger partial charge in [0.05, 0.1) is 0 Å². The van der Waals surface area contributed by atoms with Gasteiger partial charge in [0.1, 0.15) is 5.75 Å². The molecule has 0 atom stereocenters. The fourth-order valence-corrected chi connectivity index (χ4v) is 2.49. The smallest absolute Gasteiger partial charge is 0.310 e. The first-order chi connectivity index (χ1) is 11.7. The van der Waals surface area contributed by atoms with E-state index in [-0.39, 0.29) is 11.8 Å². The first kappa shape index (κ1) is 17.7. The fourth-order valence-electron chi connectivity index (χ4n) is 2.49. The summed E-state index contributed by atoms with van der Waals surface area (Å²) in [6.07, 6.45) is 4.49. The van der Waals surface area contributed by atoms with E-state index < -0.39 is 0 Å². The van der Waals surface area contributed by atoms with E-state index in [0.717, 1.165) is 18.4 Å². The monoisotopic (exact) mass is 322 g/mol. The Morgan fingerprint density at radius 2 is 1.83 bits per heavy atom. The molecule has 124 valence electrons. The van der Waals surface area contributed by atoms with E-state index in [1.165, 1.54) is 0 Å². The van der Waals surface area contributed by atoms with Crippen LogP contribution in [0.1, 0.15) is 47.7 Å². The van der Waals surface area contributed by atoms with Gasteiger partial charge in [-0.25, -0.2) is 0 Å². The SMILES string of the molecule is C=CCCCc1c(OC(=O)CC)cccc1C(=O)c1ccccc1. The number of rotatable bonds is 8. The molecule has 0 bridgehead atoms. The molecule has 0 amide bonds. The summed E-state index contributed by atoms with van der Waals surface area (Å²) in [6, 6.07) is 14.4. The molecule has 2 aromatic rings. The van der Waals surface area contributed by atoms with E-state index in [0.29, 0.717) is 29.7 Å². The molecule has 24 heavy (non-hydrogen) atoms. The predicted molar refractivity (Wildman–Crippen MR) is 95.4 cm³/mol. The lowest BCUT2D eigenvalue weighted by Gasteiger charge is -2.14. The number of unbranched alkanes of at least 4 members (excludes halogenated alkanes) is 1. The lowest BCUT2D eigenvalue weighted by atomic mass is 9.94. The Morgan fingerprint density at radius 3 is 2.50 bits per heavy atom. The summed E-state index contributed by atoms with van der Waals surface area (Å²) in [4.78, 5) is 24.5. The highest BCUT2D eigenvalue weighted by Crippen LogP contribution is 2.27. The third-order valence-electron chi connectivity index (χ3n) is 3.76. The zero-order chi connectivity index (χ0) is 17.4. The second-order valence-electron chi connectivity index (χ2n) is 5.49. The summed E-state index contributed by atoms with van der Waals surface area (Å²) in [5.74, 6) is 0.121. The fraction of sp³-hybridized carbons (Fsp3) is 0.238. The van der Waals surface area contributed by atoms with Gasteiger partial charge in [-0.3, -0.25) is 9.59 Å². The molecule has 0 aromatic heterocycles. The van der Waals surface area contributed by atoms with Gasteiger partial charge >= 0.3 is 5.97 Å². The second kappa shape index (κ2) is 8.82. The number of carbonyl (C=O) groups excluding carboxylic acids is 2. The van der Waals surface area contributed by atoms with Gasteiger partial charge in [-0.15, -0.1) is 6.58 Å². The summed E-state index contributed by atoms with van der Waals surface area (Å²) in [7, 11) is 0. The molecule has 3 heteroatoms. The summed E-state index contributed by atoms with van der Waals surface area (Å²) in [5.41, 5.74) is 2.00. The highest BCUT2D eigenvalue weighted by molar-refractivity contribution is 6.10. The van der Waals surface area contributed by atoms with Crippen molar-refractivity contribution in [3.63, 3.8) is 0 Å². The number of ketones is 1. The van der Waals surface area contributed by atoms with Crippen LogP contribution in [-0.2, 0) is 11.2 Å². The van der Waals surface area contributed by atoms with Crippen molar-refractivity contribution >= 4 is 11.8 Å². The predicted octanol–water partition coefficient (Wildman–Crippen LogP) is 4.74. The number of allylic oxidation sites excluding steroid dienone is 1. The molecule has 0 saturated heterocycles. The molecule has 0 aliphatic carbocycles. The summed E-state index contributed by atoms with van der Waals surface area (Å²) < 4.78 is 5.44. The number of hydrogen-bond donors (Lipinski definition) is 0. The van der Waals surface area contributed by atoms with Crippen LogP contribution in [0.15, 0.2) is 61.2 Å². The molecular formula is C21H22O3. The number of carbonyl (C=O) groups is 2. The van der Waals surface area contributed by atoms with E-state index >= 15 is 0 Å². The second-order valence-corrected chi connectivity index (χ2v) is 5.49. The number of hydrogen-bond acceptors (Lipinski definition) is 3. The molecule has 2 rings (SSSR count). The van der Waals surface area contributed by atoms with Crippen LogP contribution in [0.3, 0.4) is 0 Å². The maximum absolute atomic E-state index is 12.8. The van der Waals surface area contributed by atoms with Crippen molar-refractivity contribution < 1.29 is 14.3 Å². The molecular weight excluding hydrogens is 300 g/mol. The largest absolute Gasteiger partial charge is 0.426 e. The van der Waals surface area contributed by atoms with E-state index in [1.54, 1.807) is 37.3 Å². The highest BCUT2D eigenvalue weighted by Gasteiger charge is 2.18. The van der Waals surface area contributed by atoms with Crippen LogP contribution >= 0.6 is 0 Å². The first-order valence-electron chi connectivity index (χ1n) is 8.20. The number of ether oxygens (including phenoxy) is 1. The summed E-state index contributed by atoms with van der Waals surface area (Å²) in [6.45, 7) is 5.48. The van der Waals surface area contributed by atoms with Crippen molar-refractivity contribution in [1.29, 1.82) is 0 Å². The Labute approximate surface area is 143 Å². The van der Waals surface area contributed by atoms with Gasteiger partial charge in [-0.2, -0.15) is 0 Å². The zero-order valence-corrected chi connectivity index (χ0v) is 14.0. The van der Waals surface area contributed by atoms with Gasteiger partial charge in [-0.1, -0.05) is 55.5 Å². The molecule has 0 saturated carbocycles. The Kier molecular flexibility index (Phi) is 6.50. The molecule has 0 fully saturated rings. The van der Waals surface area contributed by atoms with Crippen LogP contribution in [-0.4, -0.2) is 11.8 Å². The van der Waals surface area contributed by atoms with E-state index in [2.05, 4.69) is 6.58 Å². The topological polar surface area (TPSA) is 43.4 Å². The Morgan fingerprint density at radius 1 is 1.08 bits per heavy atom. The number of esters is 1. The maximum Gasteiger partial charge on any atom is 0.310 e. The third kappa shape index (κ3) is 4.42. The van der Waals surface area contributed by atoms with Crippen LogP contribution < -0.4 is 4.74 Å². The normalized spacial score (nSPS) is 10.2. The minimum atomic E-state index is -0.302. The molecule has 0 aliphatic rings. The maximum atomic E-state index is 12.8. The van der Waals surface area contributed by atoms with Crippen LogP contribution in [0.4, 0.5) is 0 Å². The van der Waals surface area contributed by atoms with Crippen molar-refractivity contribution in [2.75, 3.05) is 0 Å². The van der Waals surface area contributed by atoms with E-state index in [4.69, 9.17) is 4.74 Å². The highest BCUT2D eigenvalue weighted by atomic mass is 16.5. The lowest BCUT2D eigenvalue weighted by molar-refractivity contribution is -0.134. The van der Waals surface area contributed by atoms with Gasteiger partial charge in [0.15, 0.2) is 5.78 Å². The third-order valence-corrected chi connectivity index (χ3v) is 3.76. The van der Waals surface area contributed by atoms with E-state index in [1.807, 2.05) is 24.3 Å². The molecule has 0 spiro atoms. The van der Waals surface area contributed by atoms with Crippen LogP contribution in [0.5, 0.6) is 5.75 Å². The van der Waals surface area contributed by atoms with Crippen molar-refractivity contribution in [3.05, 3.63) is 77.9 Å². The van der Waals surface area contributed by atoms with E-state index in [9.17, 15) is 9.59 Å². The van der Waals surface area contributed by atoms with Gasteiger partial charge in [-0.05, 0) is 25.3 Å². The summed E-state index contributed by atoms with van der Waals surface area (Å²) >= 11 is 0. The minimum Gasteiger partial charge on any atom is -0.426 e. The average Bonchev–Trinajstić information content (AvgIpc) is 2.63. The average molecular weight is 322 g/mol. The van der Waals surface area contributed by atoms with Crippen molar-refractivity contribution in [3.8, 4) is 5.75 Å². The Hall–Kier alpha value is -2.68. The molecule has 2 aromatic carbocycles. The molecule has 3 nitrogen and oxygen atoms in total.